The molecule has 1 rings (SSSR count). The first kappa shape index (κ1) is 12.1. The van der Waals surface area contributed by atoms with E-state index in [1.165, 1.54) is 0 Å². The molecule has 0 amide bonds. The van der Waals surface area contributed by atoms with E-state index < -0.39 is 12.1 Å². The molecule has 0 aliphatic rings. The van der Waals surface area contributed by atoms with Crippen molar-refractivity contribution in [3.8, 4) is 0 Å². The topological polar surface area (TPSA) is 58.0 Å². The number of nitrogens with one attached hydrogen (secondary N) is 1. The summed E-state index contributed by atoms with van der Waals surface area (Å²) in [7, 11) is 0. The number of aliphatic hydroxyl groups is 1. The first-order valence-electron chi connectivity index (χ1n) is 4.30. The van der Waals surface area contributed by atoms with Crippen LogP contribution in [0.25, 0.3) is 0 Å². The maximum atomic E-state index is 12.4. The summed E-state index contributed by atoms with van der Waals surface area (Å²) >= 11 is 5.65. The Bertz CT molecular complexity index is 325. The van der Waals surface area contributed by atoms with Crippen LogP contribution in [0.4, 0.5) is 14.6 Å². The average Bonchev–Trinajstić information content (AvgIpc) is 2.20. The molecule has 0 aromatic carbocycles. The number of halogens is 3. The lowest BCUT2D eigenvalue weighted by molar-refractivity contribution is 0.146. The Balaban J connectivity index is 2.75. The molecule has 0 aliphatic heterocycles. The highest BCUT2D eigenvalue weighted by molar-refractivity contribution is 6.33. The van der Waals surface area contributed by atoms with Crippen molar-refractivity contribution in [2.75, 3.05) is 18.5 Å². The van der Waals surface area contributed by atoms with E-state index in [2.05, 4.69) is 15.3 Å². The van der Waals surface area contributed by atoms with Gasteiger partial charge in [-0.3, -0.25) is 0 Å². The van der Waals surface area contributed by atoms with Crippen LogP contribution in [0.5, 0.6) is 0 Å². The Kier molecular flexibility index (Phi) is 4.64. The van der Waals surface area contributed by atoms with Gasteiger partial charge in [0.25, 0.3) is 6.43 Å². The van der Waals surface area contributed by atoms with Crippen LogP contribution in [-0.2, 0) is 0 Å². The van der Waals surface area contributed by atoms with E-state index in [9.17, 15) is 8.78 Å². The Hall–Kier alpha value is -1.01. The van der Waals surface area contributed by atoms with Crippen molar-refractivity contribution in [3.05, 3.63) is 17.0 Å². The molecule has 1 aromatic heterocycles. The molecule has 4 nitrogen and oxygen atoms in total. The highest BCUT2D eigenvalue weighted by atomic mass is 35.5. The number of hydrogen-bond acceptors (Lipinski definition) is 4. The molecular formula is C8H10ClF2N3O. The fourth-order valence-corrected chi connectivity index (χ4v) is 1.19. The molecule has 0 aliphatic carbocycles. The number of aliphatic hydroxyl groups excluding tert-OH is 1. The summed E-state index contributed by atoms with van der Waals surface area (Å²) in [5, 5.41) is 11.1. The first-order valence-corrected chi connectivity index (χ1v) is 4.68. The minimum absolute atomic E-state index is 0.0113. The molecule has 0 saturated heterocycles. The Morgan fingerprint density at radius 2 is 2.20 bits per heavy atom. The van der Waals surface area contributed by atoms with Crippen LogP contribution in [-0.4, -0.2) is 28.2 Å². The molecule has 0 atom stereocenters. The van der Waals surface area contributed by atoms with Crippen molar-refractivity contribution in [1.82, 2.24) is 9.97 Å². The molecule has 0 unspecified atom stereocenters. The minimum atomic E-state index is -2.72. The zero-order chi connectivity index (χ0) is 11.3. The second-order valence-corrected chi connectivity index (χ2v) is 3.10. The van der Waals surface area contributed by atoms with Crippen LogP contribution < -0.4 is 5.32 Å². The van der Waals surface area contributed by atoms with Gasteiger partial charge < -0.3 is 10.4 Å². The van der Waals surface area contributed by atoms with Gasteiger partial charge in [-0.1, -0.05) is 11.6 Å². The summed E-state index contributed by atoms with van der Waals surface area (Å²) in [6.07, 6.45) is -1.21. The van der Waals surface area contributed by atoms with Gasteiger partial charge in [0.05, 0.1) is 0 Å². The number of hydrogen-bond donors (Lipinski definition) is 2. The van der Waals surface area contributed by atoms with Gasteiger partial charge in [0.15, 0.2) is 0 Å². The van der Waals surface area contributed by atoms with Gasteiger partial charge in [-0.25, -0.2) is 18.7 Å². The van der Waals surface area contributed by atoms with E-state index in [0.29, 0.717) is 13.0 Å². The molecule has 1 heterocycles. The quantitative estimate of drug-likeness (QED) is 0.768. The normalized spacial score (nSPS) is 10.7. The number of nitrogens with zero attached hydrogens (tertiary/aromatic N) is 2. The molecule has 0 radical (unpaired) electrons. The van der Waals surface area contributed by atoms with Crippen LogP contribution in [0.3, 0.4) is 0 Å². The standard InChI is InChI=1S/C8H10ClF2N3O/c9-5-6(7(10)11)13-4-14-8(5)12-2-1-3-15/h4,7,15H,1-3H2,(H,12,13,14). The number of aromatic nitrogens is 2. The maximum absolute atomic E-state index is 12.4. The molecule has 84 valence electrons. The first-order chi connectivity index (χ1) is 7.16. The summed E-state index contributed by atoms with van der Waals surface area (Å²) in [5.74, 6) is 0.162. The number of rotatable bonds is 5. The van der Waals surface area contributed by atoms with Gasteiger partial charge in [-0.2, -0.15) is 0 Å². The lowest BCUT2D eigenvalue weighted by Gasteiger charge is -2.08. The molecule has 7 heteroatoms. The average molecular weight is 238 g/mol. The Morgan fingerprint density at radius 1 is 1.47 bits per heavy atom. The van der Waals surface area contributed by atoms with E-state index in [0.717, 1.165) is 6.33 Å². The smallest absolute Gasteiger partial charge is 0.282 e. The van der Waals surface area contributed by atoms with Crippen molar-refractivity contribution in [3.63, 3.8) is 0 Å². The van der Waals surface area contributed by atoms with Crippen molar-refractivity contribution in [2.45, 2.75) is 12.8 Å². The summed E-state index contributed by atoms with van der Waals surface area (Å²) in [6.45, 7) is 0.424. The maximum Gasteiger partial charge on any atom is 0.282 e. The third-order valence-electron chi connectivity index (χ3n) is 1.65. The zero-order valence-corrected chi connectivity index (χ0v) is 8.51. The largest absolute Gasteiger partial charge is 0.396 e. The fraction of sp³-hybridized carbons (Fsp3) is 0.500. The van der Waals surface area contributed by atoms with Crippen LogP contribution in [0.1, 0.15) is 18.5 Å². The number of anilines is 1. The van der Waals surface area contributed by atoms with Gasteiger partial charge in [0.1, 0.15) is 22.9 Å². The lowest BCUT2D eigenvalue weighted by Crippen LogP contribution is -2.07. The second kappa shape index (κ2) is 5.77. The van der Waals surface area contributed by atoms with E-state index >= 15 is 0 Å². The third-order valence-corrected chi connectivity index (χ3v) is 2.02. The number of alkyl halides is 2. The van der Waals surface area contributed by atoms with E-state index in [1.807, 2.05) is 0 Å². The predicted octanol–water partition coefficient (Wildman–Crippen LogP) is 1.86. The summed E-state index contributed by atoms with van der Waals surface area (Å²) < 4.78 is 24.7. The lowest BCUT2D eigenvalue weighted by atomic mass is 10.4. The minimum Gasteiger partial charge on any atom is -0.396 e. The summed E-state index contributed by atoms with van der Waals surface area (Å²) in [5.41, 5.74) is -0.488. The molecule has 0 fully saturated rings. The van der Waals surface area contributed by atoms with Crippen LogP contribution >= 0.6 is 11.6 Å². The third kappa shape index (κ3) is 3.24. The predicted molar refractivity (Wildman–Crippen MR) is 52.2 cm³/mol. The Labute approximate surface area is 90.3 Å². The second-order valence-electron chi connectivity index (χ2n) is 2.73. The van der Waals surface area contributed by atoms with Crippen molar-refractivity contribution < 1.29 is 13.9 Å². The van der Waals surface area contributed by atoms with Crippen LogP contribution in [0, 0.1) is 0 Å². The molecule has 15 heavy (non-hydrogen) atoms. The van der Waals surface area contributed by atoms with Gasteiger partial charge >= 0.3 is 0 Å². The van der Waals surface area contributed by atoms with Gasteiger partial charge in [0, 0.05) is 13.2 Å². The molecule has 0 bridgehead atoms. The molecule has 0 saturated carbocycles. The molecule has 0 spiro atoms. The van der Waals surface area contributed by atoms with Crippen molar-refractivity contribution in [1.29, 1.82) is 0 Å². The Morgan fingerprint density at radius 3 is 2.80 bits per heavy atom. The van der Waals surface area contributed by atoms with Crippen LogP contribution in [0.15, 0.2) is 6.33 Å². The van der Waals surface area contributed by atoms with E-state index in [4.69, 9.17) is 16.7 Å². The van der Waals surface area contributed by atoms with Gasteiger partial charge in [-0.15, -0.1) is 0 Å². The summed E-state index contributed by atoms with van der Waals surface area (Å²) in [6, 6.07) is 0. The van der Waals surface area contributed by atoms with E-state index in [1.54, 1.807) is 0 Å². The zero-order valence-electron chi connectivity index (χ0n) is 7.75. The summed E-state index contributed by atoms with van der Waals surface area (Å²) in [4.78, 5) is 7.11. The van der Waals surface area contributed by atoms with Gasteiger partial charge in [0.2, 0.25) is 0 Å². The molecule has 1 aromatic rings. The fourth-order valence-electron chi connectivity index (χ4n) is 0.945. The van der Waals surface area contributed by atoms with Crippen molar-refractivity contribution >= 4 is 17.4 Å². The monoisotopic (exact) mass is 237 g/mol. The van der Waals surface area contributed by atoms with Crippen LogP contribution in [0.2, 0.25) is 5.02 Å². The molecular weight excluding hydrogens is 228 g/mol. The van der Waals surface area contributed by atoms with Gasteiger partial charge in [-0.05, 0) is 6.42 Å². The highest BCUT2D eigenvalue weighted by Crippen LogP contribution is 2.28. The van der Waals surface area contributed by atoms with E-state index in [-0.39, 0.29) is 17.4 Å². The molecule has 2 N–H and O–H groups in total. The SMILES string of the molecule is OCCCNc1ncnc(C(F)F)c1Cl. The van der Waals surface area contributed by atoms with Crippen molar-refractivity contribution in [2.24, 2.45) is 0 Å². The highest BCUT2D eigenvalue weighted by Gasteiger charge is 2.16.